The van der Waals surface area contributed by atoms with Crippen LogP contribution in [0.25, 0.3) is 11.0 Å². The molecule has 0 aromatic carbocycles. The summed E-state index contributed by atoms with van der Waals surface area (Å²) in [5.74, 6) is -0.368. The number of esters is 1. The lowest BCUT2D eigenvalue weighted by Crippen LogP contribution is -2.40. The Bertz CT molecular complexity index is 670. The number of thioether (sulfide) groups is 1. The molecular formula is C13H15N3O3S. The lowest BCUT2D eigenvalue weighted by Gasteiger charge is -2.36. The molecule has 3 rings (SSSR count). The van der Waals surface area contributed by atoms with E-state index in [1.807, 2.05) is 17.7 Å². The zero-order valence-corrected chi connectivity index (χ0v) is 12.3. The first-order chi connectivity index (χ1) is 9.65. The van der Waals surface area contributed by atoms with Crippen LogP contribution in [0.4, 0.5) is 0 Å². The van der Waals surface area contributed by atoms with Crippen molar-refractivity contribution in [2.24, 2.45) is 0 Å². The van der Waals surface area contributed by atoms with Gasteiger partial charge in [0.25, 0.3) is 0 Å². The fraction of sp³-hybridized carbons (Fsp3) is 0.462. The molecule has 2 atom stereocenters. The molecule has 0 radical (unpaired) electrons. The Morgan fingerprint density at radius 3 is 2.95 bits per heavy atom. The summed E-state index contributed by atoms with van der Waals surface area (Å²) in [6, 6.07) is 1.88. The molecule has 2 aromatic rings. The van der Waals surface area contributed by atoms with Gasteiger partial charge >= 0.3 is 5.97 Å². The minimum atomic E-state index is -0.368. The van der Waals surface area contributed by atoms with E-state index in [1.165, 1.54) is 18.9 Å². The van der Waals surface area contributed by atoms with Crippen molar-refractivity contribution in [2.75, 3.05) is 20.0 Å². The van der Waals surface area contributed by atoms with Gasteiger partial charge in [-0.1, -0.05) is 11.8 Å². The van der Waals surface area contributed by atoms with Gasteiger partial charge in [-0.3, -0.25) is 0 Å². The normalized spacial score (nSPS) is 21.8. The van der Waals surface area contributed by atoms with Gasteiger partial charge in [0, 0.05) is 11.6 Å². The average molecular weight is 293 g/mol. The highest BCUT2D eigenvalue weighted by Gasteiger charge is 2.34. The number of fused-ring (bicyclic) bond motifs is 1. The first-order valence-electron chi connectivity index (χ1n) is 6.27. The zero-order chi connectivity index (χ0) is 14.3. The molecule has 0 N–H and O–H groups in total. The molecule has 1 aliphatic heterocycles. The first-order valence-corrected chi connectivity index (χ1v) is 7.50. The molecule has 1 aliphatic rings. The molecule has 0 bridgehead atoms. The molecule has 106 valence electrons. The Labute approximate surface area is 120 Å². The molecule has 6 nitrogen and oxygen atoms in total. The molecule has 1 fully saturated rings. The number of nitrogens with zero attached hydrogens (tertiary/aromatic N) is 3. The number of carbonyl (C=O) groups excluding carboxylic acids is 1. The summed E-state index contributed by atoms with van der Waals surface area (Å²) in [7, 11) is 1.38. The maximum Gasteiger partial charge on any atom is 0.354 e. The maximum absolute atomic E-state index is 12.0. The van der Waals surface area contributed by atoms with E-state index in [4.69, 9.17) is 9.47 Å². The Balaban J connectivity index is 2.21. The van der Waals surface area contributed by atoms with Crippen LogP contribution in [0.2, 0.25) is 0 Å². The second-order valence-electron chi connectivity index (χ2n) is 4.63. The van der Waals surface area contributed by atoms with Crippen LogP contribution in [-0.2, 0) is 9.47 Å². The fourth-order valence-corrected chi connectivity index (χ4v) is 2.68. The minimum Gasteiger partial charge on any atom is -0.464 e. The van der Waals surface area contributed by atoms with Gasteiger partial charge in [0.05, 0.1) is 25.9 Å². The summed E-state index contributed by atoms with van der Waals surface area (Å²) in [6.45, 7) is 2.56. The standard InChI is InChI=1S/C13H15N3O3S/c1-7-10(6-19-7)16-9(12(17)18-2)4-8-5-14-13(20-3)15-11(8)16/h4-5,7,10H,6H2,1-3H3. The van der Waals surface area contributed by atoms with Crippen LogP contribution < -0.4 is 0 Å². The summed E-state index contributed by atoms with van der Waals surface area (Å²) >= 11 is 1.47. The number of rotatable bonds is 3. The number of carbonyl (C=O) groups is 1. The largest absolute Gasteiger partial charge is 0.464 e. The van der Waals surface area contributed by atoms with Gasteiger partial charge in [-0.05, 0) is 19.2 Å². The molecule has 20 heavy (non-hydrogen) atoms. The number of hydrogen-bond donors (Lipinski definition) is 0. The SMILES string of the molecule is COC(=O)c1cc2cnc(SC)nc2n1C1COC1C. The van der Waals surface area contributed by atoms with Gasteiger partial charge < -0.3 is 14.0 Å². The summed E-state index contributed by atoms with van der Waals surface area (Å²) in [5, 5.41) is 1.52. The molecule has 0 saturated carbocycles. The third kappa shape index (κ3) is 1.97. The molecule has 1 saturated heterocycles. The van der Waals surface area contributed by atoms with Crippen LogP contribution in [0, 0.1) is 0 Å². The maximum atomic E-state index is 12.0. The van der Waals surface area contributed by atoms with Crippen LogP contribution in [0.15, 0.2) is 17.4 Å². The van der Waals surface area contributed by atoms with E-state index in [2.05, 4.69) is 9.97 Å². The van der Waals surface area contributed by atoms with Gasteiger partial charge in [-0.25, -0.2) is 14.8 Å². The summed E-state index contributed by atoms with van der Waals surface area (Å²) in [6.07, 6.45) is 3.72. The molecule has 2 unspecified atom stereocenters. The smallest absolute Gasteiger partial charge is 0.354 e. The molecule has 0 spiro atoms. The van der Waals surface area contributed by atoms with E-state index in [0.717, 1.165) is 11.0 Å². The molecule has 3 heterocycles. The Morgan fingerprint density at radius 2 is 2.40 bits per heavy atom. The van der Waals surface area contributed by atoms with Gasteiger partial charge in [-0.2, -0.15) is 0 Å². The average Bonchev–Trinajstić information content (AvgIpc) is 2.83. The number of aromatic nitrogens is 3. The third-order valence-electron chi connectivity index (χ3n) is 3.53. The van der Waals surface area contributed by atoms with Crippen LogP contribution in [0.3, 0.4) is 0 Å². The lowest BCUT2D eigenvalue weighted by molar-refractivity contribution is -0.0923. The van der Waals surface area contributed by atoms with Crippen molar-refractivity contribution in [1.82, 2.24) is 14.5 Å². The van der Waals surface area contributed by atoms with Gasteiger partial charge in [0.15, 0.2) is 5.16 Å². The second kappa shape index (κ2) is 5.06. The van der Waals surface area contributed by atoms with Crippen LogP contribution in [0.1, 0.15) is 23.5 Å². The molecule has 0 amide bonds. The topological polar surface area (TPSA) is 66.2 Å². The van der Waals surface area contributed by atoms with E-state index in [1.54, 1.807) is 12.3 Å². The lowest BCUT2D eigenvalue weighted by atomic mass is 10.1. The Morgan fingerprint density at radius 1 is 1.60 bits per heavy atom. The first kappa shape index (κ1) is 13.4. The van der Waals surface area contributed by atoms with Crippen LogP contribution >= 0.6 is 11.8 Å². The zero-order valence-electron chi connectivity index (χ0n) is 11.5. The van der Waals surface area contributed by atoms with Crippen molar-refractivity contribution in [3.8, 4) is 0 Å². The monoisotopic (exact) mass is 293 g/mol. The highest BCUT2D eigenvalue weighted by Crippen LogP contribution is 2.32. The third-order valence-corrected chi connectivity index (χ3v) is 4.10. The van der Waals surface area contributed by atoms with E-state index in [-0.39, 0.29) is 18.1 Å². The van der Waals surface area contributed by atoms with Gasteiger partial charge in [0.2, 0.25) is 0 Å². The van der Waals surface area contributed by atoms with Crippen molar-refractivity contribution in [3.63, 3.8) is 0 Å². The molecule has 7 heteroatoms. The molecule has 2 aromatic heterocycles. The predicted molar refractivity (Wildman–Crippen MR) is 75.1 cm³/mol. The second-order valence-corrected chi connectivity index (χ2v) is 5.41. The Hall–Kier alpha value is -1.60. The van der Waals surface area contributed by atoms with Crippen LogP contribution in [-0.4, -0.2) is 46.6 Å². The van der Waals surface area contributed by atoms with Crippen molar-refractivity contribution in [3.05, 3.63) is 18.0 Å². The van der Waals surface area contributed by atoms with Crippen LogP contribution in [0.5, 0.6) is 0 Å². The highest BCUT2D eigenvalue weighted by atomic mass is 32.2. The predicted octanol–water partition coefficient (Wildman–Crippen LogP) is 1.90. The summed E-state index contributed by atoms with van der Waals surface area (Å²) in [5.41, 5.74) is 1.25. The number of ether oxygens (including phenoxy) is 2. The highest BCUT2D eigenvalue weighted by molar-refractivity contribution is 7.98. The van der Waals surface area contributed by atoms with Crippen molar-refractivity contribution in [2.45, 2.75) is 24.2 Å². The van der Waals surface area contributed by atoms with E-state index >= 15 is 0 Å². The fourth-order valence-electron chi connectivity index (χ4n) is 2.35. The molecule has 0 aliphatic carbocycles. The van der Waals surface area contributed by atoms with E-state index < -0.39 is 0 Å². The Kier molecular flexibility index (Phi) is 3.39. The van der Waals surface area contributed by atoms with Gasteiger partial charge in [0.1, 0.15) is 11.3 Å². The van der Waals surface area contributed by atoms with Gasteiger partial charge in [-0.15, -0.1) is 0 Å². The summed E-state index contributed by atoms with van der Waals surface area (Å²) < 4.78 is 12.2. The minimum absolute atomic E-state index is 0.0571. The molecular weight excluding hydrogens is 278 g/mol. The number of methoxy groups -OCH3 is 1. The van der Waals surface area contributed by atoms with E-state index in [0.29, 0.717) is 17.5 Å². The summed E-state index contributed by atoms with van der Waals surface area (Å²) in [4.78, 5) is 20.7. The van der Waals surface area contributed by atoms with Crippen molar-refractivity contribution >= 4 is 28.8 Å². The number of hydrogen-bond acceptors (Lipinski definition) is 6. The quantitative estimate of drug-likeness (QED) is 0.489. The van der Waals surface area contributed by atoms with E-state index in [9.17, 15) is 4.79 Å². The van der Waals surface area contributed by atoms with Crippen molar-refractivity contribution in [1.29, 1.82) is 0 Å². The van der Waals surface area contributed by atoms with Crippen molar-refractivity contribution < 1.29 is 14.3 Å².